The highest BCUT2D eigenvalue weighted by Crippen LogP contribution is 2.25. The van der Waals surface area contributed by atoms with E-state index in [1.807, 2.05) is 20.8 Å². The first-order valence-electron chi connectivity index (χ1n) is 9.41. The van der Waals surface area contributed by atoms with E-state index in [0.717, 1.165) is 25.6 Å². The van der Waals surface area contributed by atoms with E-state index in [1.54, 1.807) is 0 Å². The number of guanidine groups is 1. The number of benzene rings is 1. The molecular weight excluding hydrogens is 346 g/mol. The van der Waals surface area contributed by atoms with Crippen LogP contribution >= 0.6 is 0 Å². The predicted molar refractivity (Wildman–Crippen MR) is 110 cm³/mol. The van der Waals surface area contributed by atoms with Gasteiger partial charge in [0.05, 0.1) is 19.7 Å². The number of nitrogens with zero attached hydrogens (tertiary/aromatic N) is 2. The lowest BCUT2D eigenvalue weighted by molar-refractivity contribution is -0.00831. The van der Waals surface area contributed by atoms with E-state index in [9.17, 15) is 4.21 Å². The van der Waals surface area contributed by atoms with Crippen molar-refractivity contribution < 1.29 is 8.95 Å². The van der Waals surface area contributed by atoms with Crippen LogP contribution in [0.3, 0.4) is 0 Å². The van der Waals surface area contributed by atoms with Crippen LogP contribution in [0.25, 0.3) is 0 Å². The Morgan fingerprint density at radius 3 is 2.77 bits per heavy atom. The summed E-state index contributed by atoms with van der Waals surface area (Å²) in [4.78, 5) is 6.98. The van der Waals surface area contributed by atoms with Crippen LogP contribution in [-0.2, 0) is 15.5 Å². The molecule has 0 aliphatic carbocycles. The molecule has 1 aromatic carbocycles. The summed E-state index contributed by atoms with van der Waals surface area (Å²) < 4.78 is 18.1. The fourth-order valence-electron chi connectivity index (χ4n) is 2.94. The van der Waals surface area contributed by atoms with Crippen LogP contribution in [-0.4, -0.2) is 58.4 Å². The predicted octanol–water partition coefficient (Wildman–Crippen LogP) is 2.88. The van der Waals surface area contributed by atoms with Crippen molar-refractivity contribution in [3.05, 3.63) is 35.4 Å². The summed E-state index contributed by atoms with van der Waals surface area (Å²) in [7, 11) is -0.880. The van der Waals surface area contributed by atoms with Crippen LogP contribution in [0.1, 0.15) is 44.9 Å². The van der Waals surface area contributed by atoms with Gasteiger partial charge in [0.25, 0.3) is 0 Å². The molecule has 0 radical (unpaired) electrons. The van der Waals surface area contributed by atoms with Crippen molar-refractivity contribution in [1.82, 2.24) is 10.2 Å². The van der Waals surface area contributed by atoms with Gasteiger partial charge in [0.2, 0.25) is 0 Å². The summed E-state index contributed by atoms with van der Waals surface area (Å²) in [6.45, 7) is 13.9. The van der Waals surface area contributed by atoms with Gasteiger partial charge in [-0.2, -0.15) is 0 Å². The van der Waals surface area contributed by atoms with Gasteiger partial charge in [-0.3, -0.25) is 9.20 Å². The van der Waals surface area contributed by atoms with Crippen molar-refractivity contribution in [2.75, 3.05) is 38.5 Å². The van der Waals surface area contributed by atoms with Crippen LogP contribution in [0, 0.1) is 6.92 Å². The van der Waals surface area contributed by atoms with Gasteiger partial charge in [0, 0.05) is 34.4 Å². The summed E-state index contributed by atoms with van der Waals surface area (Å²) in [6, 6.07) is 8.38. The van der Waals surface area contributed by atoms with Gasteiger partial charge in [-0.25, -0.2) is 0 Å². The molecule has 1 aromatic rings. The fourth-order valence-corrected chi connectivity index (χ4v) is 3.81. The highest BCUT2D eigenvalue weighted by molar-refractivity contribution is 7.86. The molecule has 2 atom stereocenters. The van der Waals surface area contributed by atoms with Gasteiger partial charge in [0.15, 0.2) is 5.96 Å². The molecule has 26 heavy (non-hydrogen) atoms. The summed E-state index contributed by atoms with van der Waals surface area (Å²) in [6.07, 6.45) is 0.0533. The Morgan fingerprint density at radius 2 is 2.12 bits per heavy atom. The number of hydrogen-bond acceptors (Lipinski definition) is 3. The first-order chi connectivity index (χ1) is 12.3. The zero-order valence-electron chi connectivity index (χ0n) is 16.7. The molecule has 0 spiro atoms. The number of hydrogen-bond donors (Lipinski definition) is 1. The molecular formula is C20H33N3O2S. The maximum Gasteiger partial charge on any atom is 0.194 e. The average Bonchev–Trinajstić information content (AvgIpc) is 2.60. The third-order valence-electron chi connectivity index (χ3n) is 4.46. The van der Waals surface area contributed by atoms with E-state index >= 15 is 0 Å². The minimum Gasteiger partial charge on any atom is -0.370 e. The second-order valence-electron chi connectivity index (χ2n) is 7.56. The molecule has 146 valence electrons. The van der Waals surface area contributed by atoms with E-state index in [4.69, 9.17) is 9.73 Å². The summed E-state index contributed by atoms with van der Waals surface area (Å²) in [5.74, 6) is 1.48. The molecule has 1 aliphatic rings. The highest BCUT2D eigenvalue weighted by Gasteiger charge is 2.25. The average molecular weight is 380 g/mol. The Hall–Kier alpha value is -1.40. The molecule has 1 aliphatic heterocycles. The first kappa shape index (κ1) is 20.9. The molecule has 0 saturated carbocycles. The van der Waals surface area contributed by atoms with Crippen molar-refractivity contribution in [2.45, 2.75) is 45.5 Å². The van der Waals surface area contributed by atoms with Gasteiger partial charge >= 0.3 is 0 Å². The van der Waals surface area contributed by atoms with Gasteiger partial charge < -0.3 is 15.0 Å². The fraction of sp³-hybridized carbons (Fsp3) is 0.650. The molecule has 6 heteroatoms. The van der Waals surface area contributed by atoms with E-state index in [0.29, 0.717) is 18.9 Å². The van der Waals surface area contributed by atoms with Gasteiger partial charge in [-0.1, -0.05) is 24.3 Å². The van der Waals surface area contributed by atoms with Crippen LogP contribution in [0.2, 0.25) is 0 Å². The number of rotatable bonds is 5. The topological polar surface area (TPSA) is 53.9 Å². The summed E-state index contributed by atoms with van der Waals surface area (Å²) >= 11 is 0. The third-order valence-corrected chi connectivity index (χ3v) is 6.38. The summed E-state index contributed by atoms with van der Waals surface area (Å²) in [5.41, 5.74) is 2.49. The molecule has 1 N–H and O–H groups in total. The number of aliphatic imine (C=N–C) groups is 1. The number of nitrogens with one attached hydrogen (secondary N) is 1. The van der Waals surface area contributed by atoms with E-state index in [-0.39, 0.29) is 10.9 Å². The van der Waals surface area contributed by atoms with Crippen molar-refractivity contribution in [3.63, 3.8) is 0 Å². The van der Waals surface area contributed by atoms with Crippen molar-refractivity contribution in [1.29, 1.82) is 0 Å². The molecule has 1 saturated heterocycles. The summed E-state index contributed by atoms with van der Waals surface area (Å²) in [5, 5.41) is 3.37. The van der Waals surface area contributed by atoms with E-state index in [1.165, 1.54) is 11.1 Å². The molecule has 0 aromatic heterocycles. The molecule has 1 heterocycles. The Kier molecular flexibility index (Phi) is 7.65. The maximum absolute atomic E-state index is 12.2. The zero-order valence-corrected chi connectivity index (χ0v) is 17.6. The van der Waals surface area contributed by atoms with E-state index in [2.05, 4.69) is 48.3 Å². The Balaban J connectivity index is 2.05. The van der Waals surface area contributed by atoms with Gasteiger partial charge in [0.1, 0.15) is 6.10 Å². The Labute approximate surface area is 160 Å². The van der Waals surface area contributed by atoms with Gasteiger partial charge in [-0.15, -0.1) is 0 Å². The van der Waals surface area contributed by atoms with E-state index < -0.39 is 10.8 Å². The number of aryl methyl sites for hydroxylation is 1. The SMILES string of the molecule is CCNC(=NCCS(=O)C(C)(C)C)N1CCOC(c2ccccc2C)C1. The number of ether oxygens (including phenoxy) is 1. The molecule has 2 rings (SSSR count). The lowest BCUT2D eigenvalue weighted by Crippen LogP contribution is -2.48. The van der Waals surface area contributed by atoms with Crippen molar-refractivity contribution in [3.8, 4) is 0 Å². The molecule has 5 nitrogen and oxygen atoms in total. The Bertz CT molecular complexity index is 640. The Morgan fingerprint density at radius 1 is 1.38 bits per heavy atom. The quantitative estimate of drug-likeness (QED) is 0.631. The lowest BCUT2D eigenvalue weighted by atomic mass is 10.0. The number of morpholine rings is 1. The van der Waals surface area contributed by atoms with Crippen LogP contribution in [0.4, 0.5) is 0 Å². The standard InChI is InChI=1S/C20H33N3O2S/c1-6-21-19(22-11-14-26(24)20(3,4)5)23-12-13-25-18(15-23)17-10-8-7-9-16(17)2/h7-10,18H,6,11-15H2,1-5H3,(H,21,22). The molecule has 1 fully saturated rings. The van der Waals surface area contributed by atoms with Crippen LogP contribution in [0.15, 0.2) is 29.3 Å². The zero-order chi connectivity index (χ0) is 19.2. The highest BCUT2D eigenvalue weighted by atomic mass is 32.2. The monoisotopic (exact) mass is 379 g/mol. The van der Waals surface area contributed by atoms with Crippen molar-refractivity contribution >= 4 is 16.8 Å². The van der Waals surface area contributed by atoms with Gasteiger partial charge in [-0.05, 0) is 45.7 Å². The minimum absolute atomic E-state index is 0.0533. The second kappa shape index (κ2) is 9.51. The second-order valence-corrected chi connectivity index (χ2v) is 9.88. The maximum atomic E-state index is 12.2. The van der Waals surface area contributed by atoms with Crippen LogP contribution < -0.4 is 5.32 Å². The molecule has 0 amide bonds. The first-order valence-corrected chi connectivity index (χ1v) is 10.7. The smallest absolute Gasteiger partial charge is 0.194 e. The molecule has 0 bridgehead atoms. The van der Waals surface area contributed by atoms with Crippen LogP contribution in [0.5, 0.6) is 0 Å². The van der Waals surface area contributed by atoms with Crippen molar-refractivity contribution in [2.24, 2.45) is 4.99 Å². The normalized spacial score (nSPS) is 20.1. The lowest BCUT2D eigenvalue weighted by Gasteiger charge is -2.35. The largest absolute Gasteiger partial charge is 0.370 e. The minimum atomic E-state index is -0.880. The third kappa shape index (κ3) is 5.81. The molecule has 2 unspecified atom stereocenters.